The molecule has 0 radical (unpaired) electrons. The van der Waals surface area contributed by atoms with Crippen LogP contribution in [-0.4, -0.2) is 27.3 Å². The summed E-state index contributed by atoms with van der Waals surface area (Å²) in [5.41, 5.74) is -0.900. The third kappa shape index (κ3) is 1.60. The van der Waals surface area contributed by atoms with Crippen molar-refractivity contribution >= 4 is 12.6 Å². The summed E-state index contributed by atoms with van der Waals surface area (Å²) >= 11 is 0. The first kappa shape index (κ1) is 7.84. The molecule has 0 amide bonds. The van der Waals surface area contributed by atoms with Crippen LogP contribution in [0.25, 0.3) is 0 Å². The quantitative estimate of drug-likeness (QED) is 0.345. The Bertz CT molecular complexity index is 308. The van der Waals surface area contributed by atoms with Gasteiger partial charge in [-0.1, -0.05) is 0 Å². The Kier molecular flexibility index (Phi) is 1.97. The van der Waals surface area contributed by atoms with Gasteiger partial charge < -0.3 is 20.1 Å². The maximum atomic E-state index is 10.7. The number of pyridine rings is 1. The van der Waals surface area contributed by atoms with Gasteiger partial charge >= 0.3 is 7.12 Å². The van der Waals surface area contributed by atoms with Gasteiger partial charge in [0.1, 0.15) is 5.75 Å². The van der Waals surface area contributed by atoms with Gasteiger partial charge in [-0.15, -0.1) is 0 Å². The Balaban J connectivity index is 3.24. The Hall–Kier alpha value is -1.27. The molecule has 6 heteroatoms. The Morgan fingerprint density at radius 3 is 2.55 bits per heavy atom. The second kappa shape index (κ2) is 2.77. The summed E-state index contributed by atoms with van der Waals surface area (Å²) in [5.74, 6) is -0.215. The predicted molar refractivity (Wildman–Crippen MR) is 38.6 cm³/mol. The van der Waals surface area contributed by atoms with E-state index in [0.29, 0.717) is 0 Å². The lowest BCUT2D eigenvalue weighted by atomic mass is 9.81. The topological polar surface area (TPSA) is 93.6 Å². The van der Waals surface area contributed by atoms with Gasteiger partial charge in [-0.05, 0) is 6.07 Å². The first-order chi connectivity index (χ1) is 5.11. The fraction of sp³-hybridized carbons (Fsp3) is 0. The van der Waals surface area contributed by atoms with E-state index >= 15 is 0 Å². The molecule has 0 atom stereocenters. The van der Waals surface area contributed by atoms with E-state index in [1.807, 2.05) is 0 Å². The summed E-state index contributed by atoms with van der Waals surface area (Å²) in [4.78, 5) is 12.9. The highest BCUT2D eigenvalue weighted by atomic mass is 16.4. The van der Waals surface area contributed by atoms with Gasteiger partial charge in [-0.25, -0.2) is 0 Å². The van der Waals surface area contributed by atoms with Crippen LogP contribution in [0.3, 0.4) is 0 Å². The first-order valence-electron chi connectivity index (χ1n) is 2.89. The molecule has 0 aliphatic carbocycles. The molecule has 0 spiro atoms. The van der Waals surface area contributed by atoms with Crippen LogP contribution in [0.1, 0.15) is 0 Å². The SMILES string of the molecule is O=c1[nH]cc(O)cc1B(O)O. The number of hydrogen-bond donors (Lipinski definition) is 4. The van der Waals surface area contributed by atoms with Gasteiger partial charge in [0.25, 0.3) is 0 Å². The first-order valence-corrected chi connectivity index (χ1v) is 2.89. The number of nitrogens with one attached hydrogen (secondary N) is 1. The molecule has 5 nitrogen and oxygen atoms in total. The van der Waals surface area contributed by atoms with Crippen molar-refractivity contribution in [2.24, 2.45) is 0 Å². The minimum absolute atomic E-state index is 0.215. The van der Waals surface area contributed by atoms with E-state index in [9.17, 15) is 4.79 Å². The molecular weight excluding hydrogens is 149 g/mol. The molecule has 4 N–H and O–H groups in total. The van der Waals surface area contributed by atoms with Gasteiger partial charge in [0.15, 0.2) is 0 Å². The zero-order valence-electron chi connectivity index (χ0n) is 5.48. The van der Waals surface area contributed by atoms with Crippen molar-refractivity contribution in [2.75, 3.05) is 0 Å². The van der Waals surface area contributed by atoms with Gasteiger partial charge in [-0.2, -0.15) is 0 Å². The van der Waals surface area contributed by atoms with Crippen LogP contribution in [0.4, 0.5) is 0 Å². The number of hydrogen-bond acceptors (Lipinski definition) is 4. The maximum Gasteiger partial charge on any atom is 0.494 e. The molecule has 11 heavy (non-hydrogen) atoms. The molecule has 0 fully saturated rings. The number of rotatable bonds is 1. The van der Waals surface area contributed by atoms with Crippen LogP contribution in [0, 0.1) is 0 Å². The summed E-state index contributed by atoms with van der Waals surface area (Å²) in [6, 6.07) is 0.990. The Labute approximate surface area is 62.1 Å². The van der Waals surface area contributed by atoms with Crippen molar-refractivity contribution < 1.29 is 15.2 Å². The molecule has 1 rings (SSSR count). The summed E-state index contributed by atoms with van der Waals surface area (Å²) in [5, 5.41) is 25.9. The molecule has 0 aromatic carbocycles. The van der Waals surface area contributed by atoms with E-state index in [-0.39, 0.29) is 11.2 Å². The molecule has 58 valence electrons. The second-order valence-electron chi connectivity index (χ2n) is 2.02. The molecule has 1 heterocycles. The molecule has 0 aliphatic heterocycles. The molecule has 0 aliphatic rings. The van der Waals surface area contributed by atoms with Crippen molar-refractivity contribution in [3.63, 3.8) is 0 Å². The monoisotopic (exact) mass is 155 g/mol. The van der Waals surface area contributed by atoms with Crippen LogP contribution < -0.4 is 11.0 Å². The van der Waals surface area contributed by atoms with E-state index in [1.165, 1.54) is 0 Å². The average Bonchev–Trinajstić information content (AvgIpc) is 1.94. The van der Waals surface area contributed by atoms with Crippen molar-refractivity contribution in [3.05, 3.63) is 22.6 Å². The zero-order valence-corrected chi connectivity index (χ0v) is 5.48. The van der Waals surface area contributed by atoms with Crippen molar-refractivity contribution in [3.8, 4) is 5.75 Å². The summed E-state index contributed by atoms with van der Waals surface area (Å²) in [6.07, 6.45) is 1.06. The van der Waals surface area contributed by atoms with E-state index in [4.69, 9.17) is 15.2 Å². The van der Waals surface area contributed by atoms with Crippen molar-refractivity contribution in [1.82, 2.24) is 4.98 Å². The number of H-pyrrole nitrogens is 1. The van der Waals surface area contributed by atoms with Gasteiger partial charge in [0.05, 0.1) is 5.46 Å². The van der Waals surface area contributed by atoms with Gasteiger partial charge in [0.2, 0.25) is 5.56 Å². The van der Waals surface area contributed by atoms with Crippen LogP contribution >= 0.6 is 0 Å². The molecule has 0 unspecified atom stereocenters. The molecule has 1 aromatic heterocycles. The average molecular weight is 155 g/mol. The van der Waals surface area contributed by atoms with Crippen LogP contribution in [0.15, 0.2) is 17.1 Å². The normalized spacial score (nSPS) is 9.64. The van der Waals surface area contributed by atoms with Gasteiger partial charge in [-0.3, -0.25) is 4.79 Å². The van der Waals surface area contributed by atoms with E-state index < -0.39 is 12.7 Å². The minimum Gasteiger partial charge on any atom is -0.506 e. The summed E-state index contributed by atoms with van der Waals surface area (Å²) in [6.45, 7) is 0. The maximum absolute atomic E-state index is 10.7. The number of aromatic hydroxyl groups is 1. The summed E-state index contributed by atoms with van der Waals surface area (Å²) < 4.78 is 0. The van der Waals surface area contributed by atoms with E-state index in [2.05, 4.69) is 4.98 Å². The third-order valence-corrected chi connectivity index (χ3v) is 1.19. The minimum atomic E-state index is -1.86. The molecule has 1 aromatic rings. The number of aromatic amines is 1. The largest absolute Gasteiger partial charge is 0.506 e. The van der Waals surface area contributed by atoms with E-state index in [1.54, 1.807) is 0 Å². The highest BCUT2D eigenvalue weighted by molar-refractivity contribution is 6.58. The Morgan fingerprint density at radius 2 is 2.09 bits per heavy atom. The lowest BCUT2D eigenvalue weighted by Gasteiger charge is -1.96. The van der Waals surface area contributed by atoms with Crippen LogP contribution in [0.5, 0.6) is 5.75 Å². The highest BCUT2D eigenvalue weighted by Crippen LogP contribution is 1.97. The zero-order chi connectivity index (χ0) is 8.43. The highest BCUT2D eigenvalue weighted by Gasteiger charge is 2.15. The fourth-order valence-electron chi connectivity index (χ4n) is 0.681. The number of aromatic nitrogens is 1. The lowest BCUT2D eigenvalue weighted by Crippen LogP contribution is -2.42. The second-order valence-corrected chi connectivity index (χ2v) is 2.02. The van der Waals surface area contributed by atoms with Crippen molar-refractivity contribution in [1.29, 1.82) is 0 Å². The smallest absolute Gasteiger partial charge is 0.494 e. The molecule has 0 saturated heterocycles. The molecule has 0 saturated carbocycles. The van der Waals surface area contributed by atoms with Crippen LogP contribution in [-0.2, 0) is 0 Å². The predicted octanol–water partition coefficient (Wildman–Crippen LogP) is -2.24. The fourth-order valence-corrected chi connectivity index (χ4v) is 0.681. The lowest BCUT2D eigenvalue weighted by molar-refractivity contribution is 0.424. The van der Waals surface area contributed by atoms with Crippen LogP contribution in [0.2, 0.25) is 0 Å². The standard InChI is InChI=1S/C5H6BNO4/c8-3-1-4(6(10)11)5(9)7-2-3/h1-2,8,10-11H,(H,7,9). The molecular formula is C5H6BNO4. The van der Waals surface area contributed by atoms with E-state index in [0.717, 1.165) is 12.3 Å². The summed E-state index contributed by atoms with van der Waals surface area (Å²) in [7, 11) is -1.86. The molecule has 0 bridgehead atoms. The Morgan fingerprint density at radius 1 is 1.45 bits per heavy atom. The van der Waals surface area contributed by atoms with Crippen molar-refractivity contribution in [2.45, 2.75) is 0 Å². The van der Waals surface area contributed by atoms with Gasteiger partial charge in [0, 0.05) is 6.20 Å². The third-order valence-electron chi connectivity index (χ3n) is 1.19.